The normalized spacial score (nSPS) is 11.0. The molecule has 0 aliphatic rings. The van der Waals surface area contributed by atoms with Crippen molar-refractivity contribution in [3.05, 3.63) is 30.6 Å². The van der Waals surface area contributed by atoms with Crippen LogP contribution in [0.3, 0.4) is 0 Å². The van der Waals surface area contributed by atoms with Gasteiger partial charge in [0.1, 0.15) is 17.4 Å². The van der Waals surface area contributed by atoms with Gasteiger partial charge in [0.25, 0.3) is 0 Å². The number of nitrogens with zero attached hydrogens (tertiary/aromatic N) is 2. The number of rotatable bonds is 6. The number of hydrogen-bond acceptors (Lipinski definition) is 6. The van der Waals surface area contributed by atoms with Crippen LogP contribution in [0.25, 0.3) is 22.1 Å². The van der Waals surface area contributed by atoms with Crippen molar-refractivity contribution >= 4 is 33.8 Å². The molecule has 0 bridgehead atoms. The summed E-state index contributed by atoms with van der Waals surface area (Å²) in [4.78, 5) is 20.1. The molecule has 0 atom stereocenters. The summed E-state index contributed by atoms with van der Waals surface area (Å²) in [6.45, 7) is 1.06. The molecule has 22 heavy (non-hydrogen) atoms. The molecule has 114 valence electrons. The molecule has 2 heterocycles. The van der Waals surface area contributed by atoms with Crippen molar-refractivity contribution in [3.8, 4) is 0 Å². The van der Waals surface area contributed by atoms with Crippen LogP contribution < -0.4 is 10.6 Å². The summed E-state index contributed by atoms with van der Waals surface area (Å²) in [6.07, 6.45) is 1.45. The van der Waals surface area contributed by atoms with Crippen LogP contribution in [-0.2, 0) is 9.53 Å². The quantitative estimate of drug-likeness (QED) is 0.671. The van der Waals surface area contributed by atoms with Gasteiger partial charge in [-0.3, -0.25) is 4.79 Å². The summed E-state index contributed by atoms with van der Waals surface area (Å²) in [5, 5.41) is 6.63. The summed E-state index contributed by atoms with van der Waals surface area (Å²) in [7, 11) is 1.59. The van der Waals surface area contributed by atoms with Gasteiger partial charge in [-0.15, -0.1) is 0 Å². The maximum Gasteiger partial charge on any atom is 0.239 e. The van der Waals surface area contributed by atoms with Crippen LogP contribution in [0.4, 0.5) is 5.82 Å². The predicted octanol–water partition coefficient (Wildman–Crippen LogP) is 1.55. The first-order chi connectivity index (χ1) is 10.8. The fourth-order valence-electron chi connectivity index (χ4n) is 2.17. The second-order valence-electron chi connectivity index (χ2n) is 4.69. The minimum atomic E-state index is -0.139. The van der Waals surface area contributed by atoms with Gasteiger partial charge in [-0.25, -0.2) is 9.97 Å². The molecule has 1 amide bonds. The monoisotopic (exact) mass is 300 g/mol. The zero-order chi connectivity index (χ0) is 15.4. The lowest BCUT2D eigenvalue weighted by atomic mass is 10.2. The van der Waals surface area contributed by atoms with Crippen molar-refractivity contribution in [3.63, 3.8) is 0 Å². The Balaban J connectivity index is 1.78. The average Bonchev–Trinajstić information content (AvgIpc) is 2.92. The van der Waals surface area contributed by atoms with E-state index in [4.69, 9.17) is 9.15 Å². The molecular weight excluding hydrogens is 284 g/mol. The summed E-state index contributed by atoms with van der Waals surface area (Å²) >= 11 is 0. The highest BCUT2D eigenvalue weighted by Gasteiger charge is 2.13. The van der Waals surface area contributed by atoms with Gasteiger partial charge in [0.05, 0.1) is 13.2 Å². The molecule has 0 radical (unpaired) electrons. The van der Waals surface area contributed by atoms with Gasteiger partial charge < -0.3 is 19.8 Å². The third-order valence-corrected chi connectivity index (χ3v) is 3.20. The molecule has 2 N–H and O–H groups in total. The van der Waals surface area contributed by atoms with Gasteiger partial charge >= 0.3 is 0 Å². The second kappa shape index (κ2) is 6.40. The predicted molar refractivity (Wildman–Crippen MR) is 82.7 cm³/mol. The number of fused-ring (bicyclic) bond motifs is 3. The van der Waals surface area contributed by atoms with Crippen molar-refractivity contribution in [1.82, 2.24) is 15.3 Å². The molecule has 7 heteroatoms. The molecule has 7 nitrogen and oxygen atoms in total. The van der Waals surface area contributed by atoms with E-state index in [1.165, 1.54) is 6.33 Å². The van der Waals surface area contributed by atoms with Gasteiger partial charge in [0.2, 0.25) is 5.91 Å². The largest absolute Gasteiger partial charge is 0.450 e. The van der Waals surface area contributed by atoms with Gasteiger partial charge in [-0.2, -0.15) is 0 Å². The number of carbonyl (C=O) groups is 1. The lowest BCUT2D eigenvalue weighted by Gasteiger charge is -2.06. The molecule has 0 saturated heterocycles. The highest BCUT2D eigenvalue weighted by atomic mass is 16.5. The number of para-hydroxylation sites is 1. The van der Waals surface area contributed by atoms with Gasteiger partial charge in [-0.05, 0) is 12.1 Å². The Morgan fingerprint density at radius 3 is 3.05 bits per heavy atom. The third-order valence-electron chi connectivity index (χ3n) is 3.20. The summed E-state index contributed by atoms with van der Waals surface area (Å²) in [5.74, 6) is 0.364. The minimum Gasteiger partial charge on any atom is -0.450 e. The van der Waals surface area contributed by atoms with Crippen molar-refractivity contribution in [2.24, 2.45) is 0 Å². The molecule has 2 aromatic heterocycles. The first kappa shape index (κ1) is 14.3. The first-order valence-electron chi connectivity index (χ1n) is 6.91. The average molecular weight is 300 g/mol. The van der Waals surface area contributed by atoms with Crippen molar-refractivity contribution in [2.45, 2.75) is 0 Å². The fraction of sp³-hybridized carbons (Fsp3) is 0.267. The Morgan fingerprint density at radius 2 is 2.18 bits per heavy atom. The number of aromatic nitrogens is 2. The van der Waals surface area contributed by atoms with E-state index in [1.807, 2.05) is 24.3 Å². The van der Waals surface area contributed by atoms with E-state index >= 15 is 0 Å². The van der Waals surface area contributed by atoms with E-state index in [2.05, 4.69) is 20.6 Å². The van der Waals surface area contributed by atoms with Crippen LogP contribution in [0.1, 0.15) is 0 Å². The number of furan rings is 1. The van der Waals surface area contributed by atoms with Crippen LogP contribution in [-0.4, -0.2) is 42.7 Å². The van der Waals surface area contributed by atoms with Crippen molar-refractivity contribution in [2.75, 3.05) is 32.1 Å². The second-order valence-corrected chi connectivity index (χ2v) is 4.69. The first-order valence-corrected chi connectivity index (χ1v) is 6.91. The molecule has 0 spiro atoms. The summed E-state index contributed by atoms with van der Waals surface area (Å²) in [6, 6.07) is 7.64. The van der Waals surface area contributed by atoms with E-state index in [-0.39, 0.29) is 12.5 Å². The van der Waals surface area contributed by atoms with E-state index < -0.39 is 0 Å². The zero-order valence-electron chi connectivity index (χ0n) is 12.1. The molecule has 3 aromatic rings. The van der Waals surface area contributed by atoms with Crippen LogP contribution >= 0.6 is 0 Å². The van der Waals surface area contributed by atoms with Gasteiger partial charge in [0.15, 0.2) is 11.4 Å². The molecule has 0 saturated carbocycles. The Morgan fingerprint density at radius 1 is 1.32 bits per heavy atom. The smallest absolute Gasteiger partial charge is 0.239 e. The Bertz CT molecular complexity index is 800. The minimum absolute atomic E-state index is 0.104. The SMILES string of the molecule is COCCNC(=O)CNc1ncnc2c1oc1ccccc12. The molecule has 0 aliphatic carbocycles. The molecular formula is C15H16N4O3. The van der Waals surface area contributed by atoms with Crippen LogP contribution in [0, 0.1) is 0 Å². The Labute approximate surface area is 126 Å². The van der Waals surface area contributed by atoms with E-state index in [9.17, 15) is 4.79 Å². The number of amides is 1. The highest BCUT2D eigenvalue weighted by molar-refractivity contribution is 6.05. The number of anilines is 1. The van der Waals surface area contributed by atoms with Crippen molar-refractivity contribution in [1.29, 1.82) is 0 Å². The van der Waals surface area contributed by atoms with Gasteiger partial charge in [-0.1, -0.05) is 12.1 Å². The number of ether oxygens (including phenoxy) is 1. The lowest BCUT2D eigenvalue weighted by molar-refractivity contribution is -0.119. The number of benzene rings is 1. The van der Waals surface area contributed by atoms with E-state index in [1.54, 1.807) is 7.11 Å². The van der Waals surface area contributed by atoms with Crippen LogP contribution in [0.15, 0.2) is 35.0 Å². The fourth-order valence-corrected chi connectivity index (χ4v) is 2.17. The van der Waals surface area contributed by atoms with Crippen LogP contribution in [0.5, 0.6) is 0 Å². The Kier molecular flexibility index (Phi) is 4.15. The molecule has 0 fully saturated rings. The lowest BCUT2D eigenvalue weighted by Crippen LogP contribution is -2.32. The number of carbonyl (C=O) groups excluding carboxylic acids is 1. The number of hydrogen-bond donors (Lipinski definition) is 2. The highest BCUT2D eigenvalue weighted by Crippen LogP contribution is 2.29. The summed E-state index contributed by atoms with van der Waals surface area (Å²) < 4.78 is 10.7. The number of methoxy groups -OCH3 is 1. The Hall–Kier alpha value is -2.67. The number of nitrogens with one attached hydrogen (secondary N) is 2. The topological polar surface area (TPSA) is 89.3 Å². The van der Waals surface area contributed by atoms with Gasteiger partial charge in [0, 0.05) is 19.0 Å². The molecule has 0 unspecified atom stereocenters. The van der Waals surface area contributed by atoms with Crippen LogP contribution in [0.2, 0.25) is 0 Å². The molecule has 0 aliphatic heterocycles. The maximum atomic E-state index is 11.7. The summed E-state index contributed by atoms with van der Waals surface area (Å²) in [5.41, 5.74) is 2.02. The maximum absolute atomic E-state index is 11.7. The van der Waals surface area contributed by atoms with Crippen molar-refractivity contribution < 1.29 is 13.9 Å². The molecule has 1 aromatic carbocycles. The van der Waals surface area contributed by atoms with E-state index in [0.717, 1.165) is 16.5 Å². The zero-order valence-corrected chi connectivity index (χ0v) is 12.1. The molecule has 3 rings (SSSR count). The standard InChI is InChI=1S/C15H16N4O3/c1-21-7-6-16-12(20)8-17-15-14-13(18-9-19-15)10-4-2-3-5-11(10)22-14/h2-5,9H,6-8H2,1H3,(H,16,20)(H,17,18,19). The van der Waals surface area contributed by atoms with E-state index in [0.29, 0.717) is 24.6 Å². The third kappa shape index (κ3) is 2.84.